The first kappa shape index (κ1) is 20.0. The third kappa shape index (κ3) is 3.61. The number of halogens is 1. The fraction of sp³-hybridized carbons (Fsp3) is 0.471. The Bertz CT molecular complexity index is 908. The summed E-state index contributed by atoms with van der Waals surface area (Å²) in [4.78, 5) is 42.2. The van der Waals surface area contributed by atoms with E-state index in [1.54, 1.807) is 24.2 Å². The zero-order valence-corrected chi connectivity index (χ0v) is 15.9. The molecule has 0 radical (unpaired) electrons. The fourth-order valence-electron chi connectivity index (χ4n) is 3.29. The lowest BCUT2D eigenvalue weighted by molar-refractivity contribution is 0.0673. The third-order valence-electron chi connectivity index (χ3n) is 4.78. The number of H-pyrrole nitrogens is 1. The van der Waals surface area contributed by atoms with Gasteiger partial charge in [0.1, 0.15) is 0 Å². The predicted molar refractivity (Wildman–Crippen MR) is 101 cm³/mol. The van der Waals surface area contributed by atoms with E-state index in [1.807, 2.05) is 6.92 Å². The van der Waals surface area contributed by atoms with Crippen LogP contribution >= 0.6 is 12.4 Å². The molecule has 3 heterocycles. The molecule has 0 aromatic carbocycles. The summed E-state index contributed by atoms with van der Waals surface area (Å²) in [6.07, 6.45) is 4.09. The van der Waals surface area contributed by atoms with E-state index in [2.05, 4.69) is 10.3 Å². The van der Waals surface area contributed by atoms with Crippen molar-refractivity contribution in [1.82, 2.24) is 24.3 Å². The van der Waals surface area contributed by atoms with Crippen LogP contribution in [0.25, 0.3) is 0 Å². The molecule has 1 aliphatic rings. The molecule has 142 valence electrons. The van der Waals surface area contributed by atoms with E-state index in [9.17, 15) is 14.4 Å². The quantitative estimate of drug-likeness (QED) is 0.788. The molecule has 1 aliphatic heterocycles. The van der Waals surface area contributed by atoms with Crippen molar-refractivity contribution in [3.63, 3.8) is 0 Å². The van der Waals surface area contributed by atoms with Gasteiger partial charge in [-0.05, 0) is 26.0 Å². The second-order valence-corrected chi connectivity index (χ2v) is 6.51. The van der Waals surface area contributed by atoms with Crippen LogP contribution in [0.4, 0.5) is 0 Å². The maximum absolute atomic E-state index is 13.1. The van der Waals surface area contributed by atoms with Crippen LogP contribution in [0.15, 0.2) is 28.0 Å². The first-order valence-corrected chi connectivity index (χ1v) is 8.31. The van der Waals surface area contributed by atoms with Crippen molar-refractivity contribution in [3.8, 4) is 0 Å². The van der Waals surface area contributed by atoms with Crippen LogP contribution in [0, 0.1) is 6.92 Å². The van der Waals surface area contributed by atoms with E-state index >= 15 is 0 Å². The van der Waals surface area contributed by atoms with Gasteiger partial charge in [0, 0.05) is 44.8 Å². The molecule has 0 bridgehead atoms. The highest BCUT2D eigenvalue weighted by Gasteiger charge is 2.29. The Kier molecular flexibility index (Phi) is 6.09. The van der Waals surface area contributed by atoms with Crippen LogP contribution in [0.2, 0.25) is 0 Å². The summed E-state index contributed by atoms with van der Waals surface area (Å²) in [5, 5.41) is 3.26. The summed E-state index contributed by atoms with van der Waals surface area (Å²) in [6.45, 7) is 3.56. The second kappa shape index (κ2) is 7.92. The monoisotopic (exact) mass is 381 g/mol. The topological polar surface area (TPSA) is 92.1 Å². The van der Waals surface area contributed by atoms with Crippen LogP contribution < -0.4 is 16.6 Å². The summed E-state index contributed by atoms with van der Waals surface area (Å²) in [7, 11) is 3.05. The van der Waals surface area contributed by atoms with Gasteiger partial charge >= 0.3 is 5.69 Å². The summed E-state index contributed by atoms with van der Waals surface area (Å²) < 4.78 is 2.44. The van der Waals surface area contributed by atoms with Crippen molar-refractivity contribution in [2.75, 3.05) is 13.1 Å². The standard InChI is InChI=1S/C17H23N5O3.ClH/c1-11-14(5-7-19-11)16(24)22(13-4-6-18-8-13)10-12-9-20(2)17(25)21(3)15(12)23;/h5,7,9,13,18-19H,4,6,8,10H2,1-3H3;1H. The lowest BCUT2D eigenvalue weighted by atomic mass is 10.1. The minimum atomic E-state index is -0.379. The highest BCUT2D eigenvalue weighted by Crippen LogP contribution is 2.17. The molecular weight excluding hydrogens is 358 g/mol. The molecule has 3 rings (SSSR count). The molecule has 2 N–H and O–H groups in total. The van der Waals surface area contributed by atoms with E-state index < -0.39 is 0 Å². The number of rotatable bonds is 4. The van der Waals surface area contributed by atoms with Gasteiger partial charge in [-0.25, -0.2) is 4.79 Å². The smallest absolute Gasteiger partial charge is 0.330 e. The van der Waals surface area contributed by atoms with E-state index in [0.717, 1.165) is 23.2 Å². The molecule has 8 nitrogen and oxygen atoms in total. The number of amides is 1. The van der Waals surface area contributed by atoms with Gasteiger partial charge in [-0.3, -0.25) is 14.2 Å². The molecule has 1 fully saturated rings. The van der Waals surface area contributed by atoms with E-state index in [4.69, 9.17) is 0 Å². The predicted octanol–water partition coefficient (Wildman–Crippen LogP) is 0.147. The van der Waals surface area contributed by atoms with Gasteiger partial charge in [0.05, 0.1) is 17.7 Å². The Labute approximate surface area is 157 Å². The zero-order valence-electron chi connectivity index (χ0n) is 15.1. The molecule has 9 heteroatoms. The average molecular weight is 382 g/mol. The van der Waals surface area contributed by atoms with Crippen LogP contribution in [-0.2, 0) is 20.6 Å². The molecule has 0 spiro atoms. The number of hydrogen-bond acceptors (Lipinski definition) is 4. The lowest BCUT2D eigenvalue weighted by Crippen LogP contribution is -2.45. The molecule has 1 amide bonds. The van der Waals surface area contributed by atoms with Crippen molar-refractivity contribution in [1.29, 1.82) is 0 Å². The van der Waals surface area contributed by atoms with Gasteiger partial charge in [0.15, 0.2) is 0 Å². The van der Waals surface area contributed by atoms with Crippen LogP contribution in [0.5, 0.6) is 0 Å². The molecule has 2 aromatic rings. The zero-order chi connectivity index (χ0) is 18.1. The number of nitrogens with one attached hydrogen (secondary N) is 2. The van der Waals surface area contributed by atoms with Crippen molar-refractivity contribution in [2.45, 2.75) is 25.9 Å². The number of aromatic nitrogens is 3. The van der Waals surface area contributed by atoms with Gasteiger partial charge in [0.2, 0.25) is 0 Å². The number of aromatic amines is 1. The summed E-state index contributed by atoms with van der Waals surface area (Å²) in [5.41, 5.74) is 1.09. The van der Waals surface area contributed by atoms with Crippen LogP contribution in [-0.4, -0.2) is 44.1 Å². The van der Waals surface area contributed by atoms with Crippen molar-refractivity contribution in [3.05, 3.63) is 56.1 Å². The molecule has 26 heavy (non-hydrogen) atoms. The number of carbonyl (C=O) groups excluding carboxylic acids is 1. The van der Waals surface area contributed by atoms with Gasteiger partial charge in [-0.1, -0.05) is 0 Å². The molecule has 2 aromatic heterocycles. The van der Waals surface area contributed by atoms with E-state index in [0.29, 0.717) is 17.7 Å². The van der Waals surface area contributed by atoms with Gasteiger partial charge in [-0.15, -0.1) is 12.4 Å². The highest BCUT2D eigenvalue weighted by atomic mass is 35.5. The second-order valence-electron chi connectivity index (χ2n) is 6.51. The average Bonchev–Trinajstić information content (AvgIpc) is 3.26. The molecule has 1 saturated heterocycles. The Morgan fingerprint density at radius 1 is 1.35 bits per heavy atom. The summed E-state index contributed by atoms with van der Waals surface area (Å²) >= 11 is 0. The largest absolute Gasteiger partial charge is 0.365 e. The van der Waals surface area contributed by atoms with Gasteiger partial charge in [-0.2, -0.15) is 0 Å². The maximum Gasteiger partial charge on any atom is 0.330 e. The Morgan fingerprint density at radius 2 is 2.08 bits per heavy atom. The number of carbonyl (C=O) groups is 1. The molecule has 0 saturated carbocycles. The molecule has 0 aliphatic carbocycles. The Balaban J connectivity index is 0.00000243. The third-order valence-corrected chi connectivity index (χ3v) is 4.78. The minimum Gasteiger partial charge on any atom is -0.365 e. The highest BCUT2D eigenvalue weighted by molar-refractivity contribution is 5.95. The van der Waals surface area contributed by atoms with E-state index in [-0.39, 0.29) is 42.1 Å². The number of nitrogens with zero attached hydrogens (tertiary/aromatic N) is 3. The van der Waals surface area contributed by atoms with Crippen molar-refractivity contribution >= 4 is 18.3 Å². The SMILES string of the molecule is Cc1[nH]ccc1C(=O)N(Cc1cn(C)c(=O)n(C)c1=O)C1CCNC1.Cl. The Morgan fingerprint density at radius 3 is 2.65 bits per heavy atom. The van der Waals surface area contributed by atoms with Crippen LogP contribution in [0.3, 0.4) is 0 Å². The van der Waals surface area contributed by atoms with Gasteiger partial charge < -0.3 is 19.8 Å². The fourth-order valence-corrected chi connectivity index (χ4v) is 3.29. The minimum absolute atomic E-state index is 0. The van der Waals surface area contributed by atoms with E-state index in [1.165, 1.54) is 17.8 Å². The summed E-state index contributed by atoms with van der Waals surface area (Å²) in [6, 6.07) is 1.77. The number of aryl methyl sites for hydroxylation is 2. The normalized spacial score (nSPS) is 16.3. The van der Waals surface area contributed by atoms with Crippen molar-refractivity contribution in [2.24, 2.45) is 14.1 Å². The molecule has 1 atom stereocenters. The molecular formula is C17H24ClN5O3. The first-order valence-electron chi connectivity index (χ1n) is 8.31. The number of hydrogen-bond donors (Lipinski definition) is 2. The first-order chi connectivity index (χ1) is 11.9. The molecule has 1 unspecified atom stereocenters. The lowest BCUT2D eigenvalue weighted by Gasteiger charge is -2.28. The van der Waals surface area contributed by atoms with Crippen LogP contribution in [0.1, 0.15) is 28.0 Å². The maximum atomic E-state index is 13.1. The Hall–Kier alpha value is -2.32. The van der Waals surface area contributed by atoms with Crippen molar-refractivity contribution < 1.29 is 4.79 Å². The summed E-state index contributed by atoms with van der Waals surface area (Å²) in [5.74, 6) is -0.108. The van der Waals surface area contributed by atoms with Gasteiger partial charge in [0.25, 0.3) is 11.5 Å².